The van der Waals surface area contributed by atoms with Gasteiger partial charge in [0.05, 0.1) is 6.04 Å². The van der Waals surface area contributed by atoms with Gasteiger partial charge >= 0.3 is 0 Å². The van der Waals surface area contributed by atoms with E-state index in [0.29, 0.717) is 16.9 Å². The van der Waals surface area contributed by atoms with Crippen molar-refractivity contribution in [1.82, 2.24) is 10.6 Å². The predicted octanol–water partition coefficient (Wildman–Crippen LogP) is 1.90. The van der Waals surface area contributed by atoms with Crippen LogP contribution in [0, 0.1) is 0 Å². The summed E-state index contributed by atoms with van der Waals surface area (Å²) in [5, 5.41) is 5.43. The highest BCUT2D eigenvalue weighted by molar-refractivity contribution is 7.84. The lowest BCUT2D eigenvalue weighted by molar-refractivity contribution is 0.0940. The average molecular weight is 344 g/mol. The summed E-state index contributed by atoms with van der Waals surface area (Å²) in [5.41, 5.74) is 1.70. The second-order valence-electron chi connectivity index (χ2n) is 5.34. The van der Waals surface area contributed by atoms with Crippen molar-refractivity contribution in [1.29, 1.82) is 0 Å². The van der Waals surface area contributed by atoms with Crippen LogP contribution in [0.5, 0.6) is 0 Å². The largest absolute Gasteiger partial charge is 0.355 e. The van der Waals surface area contributed by atoms with Crippen LogP contribution in [0.2, 0.25) is 0 Å². The van der Waals surface area contributed by atoms with Gasteiger partial charge in [-0.2, -0.15) is 0 Å². The lowest BCUT2D eigenvalue weighted by Gasteiger charge is -2.18. The van der Waals surface area contributed by atoms with Gasteiger partial charge in [0.15, 0.2) is 0 Å². The standard InChI is InChI=1S/C18H20N2O3S/c1-19-17(21)14-9-6-10-15(11-14)18(22)20-16(12-24(2)23)13-7-4-3-5-8-13/h3-11,16H,12H2,1-2H3,(H,19,21)(H,20,22)/t16-,24+/m1/s1. The van der Waals surface area contributed by atoms with E-state index in [-0.39, 0.29) is 17.9 Å². The smallest absolute Gasteiger partial charge is 0.251 e. The predicted molar refractivity (Wildman–Crippen MR) is 95.4 cm³/mol. The highest BCUT2D eigenvalue weighted by Crippen LogP contribution is 2.15. The van der Waals surface area contributed by atoms with Gasteiger partial charge in [0, 0.05) is 41.0 Å². The van der Waals surface area contributed by atoms with Gasteiger partial charge in [-0.25, -0.2) is 0 Å². The van der Waals surface area contributed by atoms with Gasteiger partial charge in [0.1, 0.15) is 0 Å². The van der Waals surface area contributed by atoms with Crippen molar-refractivity contribution >= 4 is 22.6 Å². The summed E-state index contributed by atoms with van der Waals surface area (Å²) >= 11 is 0. The molecule has 0 spiro atoms. The number of hydrogen-bond donors (Lipinski definition) is 2. The molecule has 2 rings (SSSR count). The molecule has 0 aliphatic rings. The Hall–Kier alpha value is -2.47. The zero-order chi connectivity index (χ0) is 17.5. The van der Waals surface area contributed by atoms with Crippen LogP contribution < -0.4 is 10.6 Å². The Balaban J connectivity index is 2.21. The van der Waals surface area contributed by atoms with Crippen molar-refractivity contribution in [3.8, 4) is 0 Å². The highest BCUT2D eigenvalue weighted by Gasteiger charge is 2.18. The molecule has 24 heavy (non-hydrogen) atoms. The van der Waals surface area contributed by atoms with E-state index in [0.717, 1.165) is 5.56 Å². The first-order chi connectivity index (χ1) is 11.5. The van der Waals surface area contributed by atoms with Crippen LogP contribution in [-0.4, -0.2) is 35.1 Å². The minimum atomic E-state index is -1.06. The zero-order valence-corrected chi connectivity index (χ0v) is 14.4. The van der Waals surface area contributed by atoms with Crippen molar-refractivity contribution in [3.05, 3.63) is 71.3 Å². The first-order valence-electron chi connectivity index (χ1n) is 7.49. The molecule has 2 aromatic rings. The first kappa shape index (κ1) is 17.9. The Labute approximate surface area is 143 Å². The maximum absolute atomic E-state index is 12.5. The second kappa shape index (κ2) is 8.40. The molecule has 0 bridgehead atoms. The van der Waals surface area contributed by atoms with Crippen LogP contribution in [-0.2, 0) is 10.8 Å². The van der Waals surface area contributed by atoms with Crippen LogP contribution in [0.25, 0.3) is 0 Å². The Morgan fingerprint density at radius 2 is 1.62 bits per heavy atom. The van der Waals surface area contributed by atoms with Crippen molar-refractivity contribution in [2.45, 2.75) is 6.04 Å². The number of rotatable bonds is 6. The van der Waals surface area contributed by atoms with Crippen molar-refractivity contribution in [2.75, 3.05) is 19.1 Å². The molecule has 0 aromatic heterocycles. The molecule has 0 aliphatic heterocycles. The minimum absolute atomic E-state index is 0.251. The van der Waals surface area contributed by atoms with Gasteiger partial charge < -0.3 is 10.6 Å². The number of carbonyl (C=O) groups is 2. The third-order valence-electron chi connectivity index (χ3n) is 3.52. The molecule has 0 unspecified atom stereocenters. The van der Waals surface area contributed by atoms with Crippen LogP contribution >= 0.6 is 0 Å². The lowest BCUT2D eigenvalue weighted by Crippen LogP contribution is -2.32. The van der Waals surface area contributed by atoms with E-state index < -0.39 is 10.8 Å². The molecular formula is C18H20N2O3S. The molecule has 0 heterocycles. The first-order valence-corrected chi connectivity index (χ1v) is 9.22. The molecule has 126 valence electrons. The monoisotopic (exact) mass is 344 g/mol. The summed E-state index contributed by atoms with van der Waals surface area (Å²) in [5.74, 6) is -0.232. The maximum Gasteiger partial charge on any atom is 0.251 e. The van der Waals surface area contributed by atoms with Crippen LogP contribution in [0.15, 0.2) is 54.6 Å². The van der Waals surface area contributed by atoms with Crippen molar-refractivity contribution < 1.29 is 13.8 Å². The fourth-order valence-corrected chi connectivity index (χ4v) is 3.07. The Morgan fingerprint density at radius 1 is 1.00 bits per heavy atom. The molecule has 0 radical (unpaired) electrons. The van der Waals surface area contributed by atoms with E-state index in [4.69, 9.17) is 0 Å². The van der Waals surface area contributed by atoms with Gasteiger partial charge in [-0.3, -0.25) is 13.8 Å². The maximum atomic E-state index is 12.5. The topological polar surface area (TPSA) is 75.3 Å². The van der Waals surface area contributed by atoms with E-state index >= 15 is 0 Å². The number of amides is 2. The molecule has 0 fully saturated rings. The summed E-state index contributed by atoms with van der Waals surface area (Å²) in [7, 11) is 0.478. The van der Waals surface area contributed by atoms with E-state index in [2.05, 4.69) is 10.6 Å². The highest BCUT2D eigenvalue weighted by atomic mass is 32.2. The lowest BCUT2D eigenvalue weighted by atomic mass is 10.1. The minimum Gasteiger partial charge on any atom is -0.355 e. The molecule has 2 N–H and O–H groups in total. The fourth-order valence-electron chi connectivity index (χ4n) is 2.33. The van der Waals surface area contributed by atoms with Gasteiger partial charge in [-0.05, 0) is 23.8 Å². The quantitative estimate of drug-likeness (QED) is 0.840. The van der Waals surface area contributed by atoms with E-state index in [1.54, 1.807) is 30.5 Å². The van der Waals surface area contributed by atoms with Gasteiger partial charge in [0.25, 0.3) is 11.8 Å². The summed E-state index contributed by atoms with van der Waals surface area (Å²) in [6.45, 7) is 0. The SMILES string of the molecule is CNC(=O)c1cccc(C(=O)N[C@H](C[S@](C)=O)c2ccccc2)c1. The van der Waals surface area contributed by atoms with Crippen LogP contribution in [0.3, 0.4) is 0 Å². The van der Waals surface area contributed by atoms with Crippen molar-refractivity contribution in [3.63, 3.8) is 0 Å². The molecule has 6 heteroatoms. The summed E-state index contributed by atoms with van der Waals surface area (Å²) in [4.78, 5) is 24.2. The van der Waals surface area contributed by atoms with E-state index in [1.807, 2.05) is 30.3 Å². The number of hydrogen-bond acceptors (Lipinski definition) is 3. The molecular weight excluding hydrogens is 324 g/mol. The molecule has 5 nitrogen and oxygen atoms in total. The number of benzene rings is 2. The van der Waals surface area contributed by atoms with E-state index in [9.17, 15) is 13.8 Å². The van der Waals surface area contributed by atoms with Crippen LogP contribution in [0.1, 0.15) is 32.3 Å². The second-order valence-corrected chi connectivity index (χ2v) is 6.82. The third-order valence-corrected chi connectivity index (χ3v) is 4.33. The van der Waals surface area contributed by atoms with Crippen LogP contribution in [0.4, 0.5) is 0 Å². The summed E-state index contributed by atoms with van der Waals surface area (Å²) < 4.78 is 11.6. The Morgan fingerprint density at radius 3 is 2.21 bits per heavy atom. The van der Waals surface area contributed by atoms with Gasteiger partial charge in [-0.1, -0.05) is 36.4 Å². The molecule has 2 amide bonds. The molecule has 0 aliphatic carbocycles. The van der Waals surface area contributed by atoms with Crippen molar-refractivity contribution in [2.24, 2.45) is 0 Å². The molecule has 2 atom stereocenters. The number of nitrogens with one attached hydrogen (secondary N) is 2. The summed E-state index contributed by atoms with van der Waals surface area (Å²) in [6.07, 6.45) is 1.61. The third kappa shape index (κ3) is 4.76. The molecule has 2 aromatic carbocycles. The Kier molecular flexibility index (Phi) is 6.26. The normalized spacial score (nSPS) is 12.9. The number of carbonyl (C=O) groups excluding carboxylic acids is 2. The zero-order valence-electron chi connectivity index (χ0n) is 13.6. The Bertz CT molecular complexity index is 747. The summed E-state index contributed by atoms with van der Waals surface area (Å²) in [6, 6.07) is 15.5. The molecule has 0 saturated heterocycles. The van der Waals surface area contributed by atoms with Gasteiger partial charge in [0.2, 0.25) is 0 Å². The van der Waals surface area contributed by atoms with E-state index in [1.165, 1.54) is 7.05 Å². The average Bonchev–Trinajstić information content (AvgIpc) is 2.61. The van der Waals surface area contributed by atoms with Gasteiger partial charge in [-0.15, -0.1) is 0 Å². The molecule has 0 saturated carbocycles. The fraction of sp³-hybridized carbons (Fsp3) is 0.222.